The number of imide groups is 1. The number of amides is 4. The quantitative estimate of drug-likeness (QED) is 0.608. The van der Waals surface area contributed by atoms with Crippen LogP contribution in [-0.2, 0) is 22.7 Å². The van der Waals surface area contributed by atoms with Crippen molar-refractivity contribution in [2.75, 3.05) is 0 Å². The highest BCUT2D eigenvalue weighted by atomic mass is 16.5. The van der Waals surface area contributed by atoms with Crippen molar-refractivity contribution in [1.82, 2.24) is 20.9 Å². The van der Waals surface area contributed by atoms with Gasteiger partial charge in [0.15, 0.2) is 0 Å². The fraction of sp³-hybridized carbons (Fsp3) is 0.263. The Balaban J connectivity index is 1.48. The maximum absolute atomic E-state index is 12.0. The molecule has 0 radical (unpaired) electrons. The van der Waals surface area contributed by atoms with Gasteiger partial charge in [0.1, 0.15) is 12.6 Å². The summed E-state index contributed by atoms with van der Waals surface area (Å²) in [4.78, 5) is 38.8. The number of carbonyl (C=O) groups is 3. The lowest BCUT2D eigenvalue weighted by Crippen LogP contribution is -2.31. The SMILES string of the molecule is O=C(CCC1NC(=O)NC1=O)NCc1cccnc1OCc1ccccc1. The minimum absolute atomic E-state index is 0.124. The Morgan fingerprint density at radius 2 is 1.96 bits per heavy atom. The first-order valence-electron chi connectivity index (χ1n) is 8.60. The van der Waals surface area contributed by atoms with E-state index in [4.69, 9.17) is 4.74 Å². The van der Waals surface area contributed by atoms with E-state index in [1.807, 2.05) is 36.4 Å². The Bertz CT molecular complexity index is 825. The maximum Gasteiger partial charge on any atom is 0.322 e. The summed E-state index contributed by atoms with van der Waals surface area (Å²) in [5.41, 5.74) is 1.78. The van der Waals surface area contributed by atoms with Crippen LogP contribution < -0.4 is 20.7 Å². The molecule has 0 aliphatic carbocycles. The van der Waals surface area contributed by atoms with E-state index in [-0.39, 0.29) is 25.3 Å². The lowest BCUT2D eigenvalue weighted by Gasteiger charge is -2.12. The topological polar surface area (TPSA) is 109 Å². The molecule has 8 heteroatoms. The van der Waals surface area contributed by atoms with E-state index in [1.54, 1.807) is 12.3 Å². The van der Waals surface area contributed by atoms with Crippen molar-refractivity contribution in [3.05, 3.63) is 59.8 Å². The zero-order valence-corrected chi connectivity index (χ0v) is 14.6. The number of urea groups is 1. The second-order valence-electron chi connectivity index (χ2n) is 6.07. The first-order valence-corrected chi connectivity index (χ1v) is 8.60. The molecule has 1 saturated heterocycles. The van der Waals surface area contributed by atoms with Crippen LogP contribution in [0.4, 0.5) is 4.79 Å². The van der Waals surface area contributed by atoms with Crippen LogP contribution in [0.15, 0.2) is 48.7 Å². The van der Waals surface area contributed by atoms with Crippen LogP contribution >= 0.6 is 0 Å². The largest absolute Gasteiger partial charge is 0.473 e. The molecule has 3 N–H and O–H groups in total. The van der Waals surface area contributed by atoms with Gasteiger partial charge >= 0.3 is 6.03 Å². The van der Waals surface area contributed by atoms with Gasteiger partial charge in [0.2, 0.25) is 11.8 Å². The fourth-order valence-corrected chi connectivity index (χ4v) is 2.63. The van der Waals surface area contributed by atoms with E-state index in [1.165, 1.54) is 0 Å². The third-order valence-corrected chi connectivity index (χ3v) is 4.06. The fourth-order valence-electron chi connectivity index (χ4n) is 2.63. The lowest BCUT2D eigenvalue weighted by molar-refractivity contribution is -0.122. The van der Waals surface area contributed by atoms with E-state index in [9.17, 15) is 14.4 Å². The van der Waals surface area contributed by atoms with Crippen molar-refractivity contribution in [2.24, 2.45) is 0 Å². The van der Waals surface area contributed by atoms with Gasteiger partial charge in [-0.05, 0) is 18.1 Å². The molecule has 140 valence electrons. The van der Waals surface area contributed by atoms with Crippen molar-refractivity contribution < 1.29 is 19.1 Å². The second kappa shape index (κ2) is 8.79. The van der Waals surface area contributed by atoms with Gasteiger partial charge in [0.05, 0.1) is 0 Å². The standard InChI is InChI=1S/C19H20N4O4/c24-16(9-8-15-17(25)23-19(26)22-15)21-11-14-7-4-10-20-18(14)27-12-13-5-2-1-3-6-13/h1-7,10,15H,8-9,11-12H2,(H,21,24)(H2,22,23,25,26). The van der Waals surface area contributed by atoms with E-state index >= 15 is 0 Å². The van der Waals surface area contributed by atoms with Gasteiger partial charge < -0.3 is 15.4 Å². The summed E-state index contributed by atoms with van der Waals surface area (Å²) >= 11 is 0. The summed E-state index contributed by atoms with van der Waals surface area (Å²) in [5, 5.41) is 7.39. The molecule has 1 aliphatic heterocycles. The number of hydrogen-bond donors (Lipinski definition) is 3. The molecule has 1 atom stereocenters. The van der Waals surface area contributed by atoms with Crippen molar-refractivity contribution in [3.8, 4) is 5.88 Å². The molecule has 3 rings (SSSR count). The molecule has 1 aromatic heterocycles. The van der Waals surface area contributed by atoms with Crippen LogP contribution in [0.3, 0.4) is 0 Å². The van der Waals surface area contributed by atoms with Crippen molar-refractivity contribution in [3.63, 3.8) is 0 Å². The predicted molar refractivity (Wildman–Crippen MR) is 96.6 cm³/mol. The van der Waals surface area contributed by atoms with Crippen molar-refractivity contribution in [1.29, 1.82) is 0 Å². The van der Waals surface area contributed by atoms with Gasteiger partial charge in [-0.15, -0.1) is 0 Å². The molecule has 1 aromatic carbocycles. The van der Waals surface area contributed by atoms with E-state index in [0.717, 1.165) is 11.1 Å². The van der Waals surface area contributed by atoms with Gasteiger partial charge in [0.25, 0.3) is 5.91 Å². The van der Waals surface area contributed by atoms with Crippen molar-refractivity contribution >= 4 is 17.8 Å². The maximum atomic E-state index is 12.0. The average molecular weight is 368 g/mol. The highest BCUT2D eigenvalue weighted by Crippen LogP contribution is 2.16. The molecular formula is C19H20N4O4. The van der Waals surface area contributed by atoms with Gasteiger partial charge in [0, 0.05) is 24.7 Å². The first-order chi connectivity index (χ1) is 13.1. The van der Waals surface area contributed by atoms with Gasteiger partial charge in [-0.25, -0.2) is 9.78 Å². The Hall–Kier alpha value is -3.42. The third kappa shape index (κ3) is 5.27. The number of aromatic nitrogens is 1. The predicted octanol–water partition coefficient (Wildman–Crippen LogP) is 1.27. The Morgan fingerprint density at radius 3 is 2.70 bits per heavy atom. The van der Waals surface area contributed by atoms with Crippen LogP contribution in [0.2, 0.25) is 0 Å². The molecule has 0 saturated carbocycles. The molecule has 2 heterocycles. The zero-order chi connectivity index (χ0) is 19.1. The molecule has 0 spiro atoms. The molecule has 27 heavy (non-hydrogen) atoms. The monoisotopic (exact) mass is 368 g/mol. The molecule has 1 fully saturated rings. The molecule has 0 bridgehead atoms. The first kappa shape index (κ1) is 18.4. The van der Waals surface area contributed by atoms with Gasteiger partial charge in [-0.2, -0.15) is 0 Å². The number of ether oxygens (including phenoxy) is 1. The van der Waals surface area contributed by atoms with Crippen LogP contribution in [0.1, 0.15) is 24.0 Å². The zero-order valence-electron chi connectivity index (χ0n) is 14.6. The average Bonchev–Trinajstić information content (AvgIpc) is 3.01. The number of rotatable bonds is 8. The van der Waals surface area contributed by atoms with Gasteiger partial charge in [-0.1, -0.05) is 36.4 Å². The Kier molecular flexibility index (Phi) is 5.98. The summed E-state index contributed by atoms with van der Waals surface area (Å²) in [7, 11) is 0. The number of hydrogen-bond acceptors (Lipinski definition) is 5. The van der Waals surface area contributed by atoms with Gasteiger partial charge in [-0.3, -0.25) is 14.9 Å². The molecule has 1 unspecified atom stereocenters. The Morgan fingerprint density at radius 1 is 1.15 bits per heavy atom. The third-order valence-electron chi connectivity index (χ3n) is 4.06. The highest BCUT2D eigenvalue weighted by Gasteiger charge is 2.29. The molecule has 1 aliphatic rings. The van der Waals surface area contributed by atoms with E-state index in [0.29, 0.717) is 12.5 Å². The number of benzene rings is 1. The number of nitrogens with zero attached hydrogens (tertiary/aromatic N) is 1. The van der Waals surface area contributed by atoms with Crippen LogP contribution in [-0.4, -0.2) is 28.9 Å². The smallest absolute Gasteiger partial charge is 0.322 e. The minimum atomic E-state index is -0.661. The molecule has 8 nitrogen and oxygen atoms in total. The molecule has 2 aromatic rings. The van der Waals surface area contributed by atoms with E-state index < -0.39 is 18.0 Å². The summed E-state index contributed by atoms with van der Waals surface area (Å²) in [5.74, 6) is -0.164. The summed E-state index contributed by atoms with van der Waals surface area (Å²) in [6, 6.07) is 12.1. The van der Waals surface area contributed by atoms with Crippen LogP contribution in [0.5, 0.6) is 5.88 Å². The summed E-state index contributed by atoms with van der Waals surface area (Å²) in [6.07, 6.45) is 2.00. The lowest BCUT2D eigenvalue weighted by atomic mass is 10.1. The molecule has 4 amide bonds. The minimum Gasteiger partial charge on any atom is -0.473 e. The second-order valence-corrected chi connectivity index (χ2v) is 6.07. The highest BCUT2D eigenvalue weighted by molar-refractivity contribution is 6.04. The number of pyridine rings is 1. The molecular weight excluding hydrogens is 348 g/mol. The number of carbonyl (C=O) groups excluding carboxylic acids is 3. The normalized spacial score (nSPS) is 15.8. The van der Waals surface area contributed by atoms with Crippen LogP contribution in [0.25, 0.3) is 0 Å². The van der Waals surface area contributed by atoms with E-state index in [2.05, 4.69) is 20.9 Å². The Labute approximate surface area is 156 Å². The summed E-state index contributed by atoms with van der Waals surface area (Å²) < 4.78 is 5.76. The summed E-state index contributed by atoms with van der Waals surface area (Å²) in [6.45, 7) is 0.648. The van der Waals surface area contributed by atoms with Crippen LogP contribution in [0, 0.1) is 0 Å². The van der Waals surface area contributed by atoms with Crippen molar-refractivity contribution in [2.45, 2.75) is 32.0 Å². The number of nitrogens with one attached hydrogen (secondary N) is 3.